The van der Waals surface area contributed by atoms with Crippen molar-refractivity contribution in [2.75, 3.05) is 0 Å². The van der Waals surface area contributed by atoms with Crippen molar-refractivity contribution in [2.45, 2.75) is 37.0 Å². The molecule has 1 aromatic carbocycles. The Labute approximate surface area is 99.2 Å². The van der Waals surface area contributed by atoms with Crippen LogP contribution in [0.5, 0.6) is 0 Å². The van der Waals surface area contributed by atoms with Crippen LogP contribution in [0.25, 0.3) is 0 Å². The number of rotatable bonds is 1. The largest absolute Gasteiger partial charge is 0.481 e. The van der Waals surface area contributed by atoms with E-state index >= 15 is 0 Å². The summed E-state index contributed by atoms with van der Waals surface area (Å²) >= 11 is 6.24. The lowest BCUT2D eigenvalue weighted by atomic mass is 9.74. The number of carbonyl (C=O) groups is 1. The Morgan fingerprint density at radius 2 is 2.12 bits per heavy atom. The first-order chi connectivity index (χ1) is 7.64. The molecule has 3 rings (SSSR count). The number of aliphatic carboxylic acids is 1. The highest BCUT2D eigenvalue weighted by atomic mass is 35.5. The smallest absolute Gasteiger partial charge is 0.310 e. The average Bonchev–Trinajstić information content (AvgIpc) is 2.98. The quantitative estimate of drug-likeness (QED) is 0.812. The Kier molecular flexibility index (Phi) is 2.05. The zero-order valence-electron chi connectivity index (χ0n) is 8.87. The van der Waals surface area contributed by atoms with Crippen molar-refractivity contribution in [3.05, 3.63) is 34.3 Å². The highest BCUT2D eigenvalue weighted by Gasteiger charge is 2.50. The molecule has 0 bridgehead atoms. The van der Waals surface area contributed by atoms with Crippen LogP contribution in [0.3, 0.4) is 0 Å². The third-order valence-corrected chi connectivity index (χ3v) is 4.33. The van der Waals surface area contributed by atoms with E-state index in [2.05, 4.69) is 0 Å². The van der Waals surface area contributed by atoms with Gasteiger partial charge in [0.15, 0.2) is 0 Å². The molecule has 0 amide bonds. The van der Waals surface area contributed by atoms with Gasteiger partial charge in [0.2, 0.25) is 0 Å². The van der Waals surface area contributed by atoms with Gasteiger partial charge in [-0.3, -0.25) is 4.79 Å². The molecule has 0 aliphatic heterocycles. The summed E-state index contributed by atoms with van der Waals surface area (Å²) in [5.41, 5.74) is 2.29. The van der Waals surface area contributed by atoms with E-state index in [1.54, 1.807) is 0 Å². The minimum atomic E-state index is -0.723. The van der Waals surface area contributed by atoms with Crippen LogP contribution in [-0.4, -0.2) is 11.1 Å². The molecular formula is C13H13ClO2. The van der Waals surface area contributed by atoms with Crippen LogP contribution in [0.4, 0.5) is 0 Å². The predicted octanol–water partition coefficient (Wildman–Crippen LogP) is 3.33. The number of fused-ring (bicyclic) bond motifs is 2. The van der Waals surface area contributed by atoms with Crippen LogP contribution in [0.1, 0.15) is 42.7 Å². The molecule has 84 valence electrons. The average molecular weight is 237 g/mol. The third-order valence-electron chi connectivity index (χ3n) is 4.01. The lowest BCUT2D eigenvalue weighted by Crippen LogP contribution is -2.24. The second-order valence-electron chi connectivity index (χ2n) is 4.91. The molecule has 1 saturated carbocycles. The maximum absolute atomic E-state index is 11.2. The summed E-state index contributed by atoms with van der Waals surface area (Å²) in [6.45, 7) is 0. The Balaban J connectivity index is 2.18. The van der Waals surface area contributed by atoms with Gasteiger partial charge in [-0.15, -0.1) is 0 Å². The van der Waals surface area contributed by atoms with E-state index in [1.807, 2.05) is 18.2 Å². The molecule has 2 nitrogen and oxygen atoms in total. The van der Waals surface area contributed by atoms with Gasteiger partial charge in [-0.05, 0) is 48.3 Å². The van der Waals surface area contributed by atoms with Gasteiger partial charge in [0.05, 0.1) is 5.92 Å². The van der Waals surface area contributed by atoms with E-state index in [0.29, 0.717) is 0 Å². The minimum absolute atomic E-state index is 0.222. The molecule has 1 unspecified atom stereocenters. The lowest BCUT2D eigenvalue weighted by molar-refractivity contribution is -0.139. The fourth-order valence-electron chi connectivity index (χ4n) is 3.00. The zero-order valence-corrected chi connectivity index (χ0v) is 9.63. The number of halogens is 1. The highest BCUT2D eigenvalue weighted by Crippen LogP contribution is 2.59. The molecule has 0 heterocycles. The normalized spacial score (nSPS) is 25.2. The molecule has 1 spiro atoms. The van der Waals surface area contributed by atoms with Gasteiger partial charge in [0.25, 0.3) is 0 Å². The van der Waals surface area contributed by atoms with E-state index in [0.717, 1.165) is 41.8 Å². The number of carboxylic acid groups (broad SMARTS) is 1. The first-order valence-electron chi connectivity index (χ1n) is 5.66. The van der Waals surface area contributed by atoms with Gasteiger partial charge in [-0.2, -0.15) is 0 Å². The van der Waals surface area contributed by atoms with Gasteiger partial charge in [-0.1, -0.05) is 23.7 Å². The Bertz CT molecular complexity index is 463. The molecule has 0 saturated heterocycles. The highest BCUT2D eigenvalue weighted by molar-refractivity contribution is 6.31. The van der Waals surface area contributed by atoms with Gasteiger partial charge < -0.3 is 5.11 Å². The summed E-state index contributed by atoms with van der Waals surface area (Å²) < 4.78 is 0. The van der Waals surface area contributed by atoms with Crippen molar-refractivity contribution in [2.24, 2.45) is 0 Å². The molecule has 3 heteroatoms. The van der Waals surface area contributed by atoms with E-state index in [9.17, 15) is 9.90 Å². The molecular weight excluding hydrogens is 224 g/mol. The predicted molar refractivity (Wildman–Crippen MR) is 62.0 cm³/mol. The lowest BCUT2D eigenvalue weighted by Gasteiger charge is -2.30. The van der Waals surface area contributed by atoms with Crippen molar-refractivity contribution < 1.29 is 9.90 Å². The van der Waals surface area contributed by atoms with E-state index in [-0.39, 0.29) is 11.3 Å². The molecule has 0 aromatic heterocycles. The van der Waals surface area contributed by atoms with Crippen LogP contribution in [-0.2, 0) is 10.2 Å². The molecule has 2 aliphatic rings. The van der Waals surface area contributed by atoms with Crippen LogP contribution in [0.15, 0.2) is 18.2 Å². The van der Waals surface area contributed by atoms with Crippen molar-refractivity contribution in [3.63, 3.8) is 0 Å². The first kappa shape index (κ1) is 10.2. The first-order valence-corrected chi connectivity index (χ1v) is 6.03. The second-order valence-corrected chi connectivity index (χ2v) is 5.32. The third kappa shape index (κ3) is 1.29. The number of benzene rings is 1. The summed E-state index contributed by atoms with van der Waals surface area (Å²) in [6.07, 6.45) is 4.05. The Hall–Kier alpha value is -1.02. The van der Waals surface area contributed by atoms with Crippen molar-refractivity contribution in [3.8, 4) is 0 Å². The molecule has 16 heavy (non-hydrogen) atoms. The molecule has 1 aromatic rings. The van der Waals surface area contributed by atoms with Crippen LogP contribution in [0.2, 0.25) is 5.02 Å². The maximum Gasteiger partial charge on any atom is 0.310 e. The summed E-state index contributed by atoms with van der Waals surface area (Å²) in [4.78, 5) is 11.2. The fourth-order valence-corrected chi connectivity index (χ4v) is 3.38. The van der Waals surface area contributed by atoms with Crippen LogP contribution >= 0.6 is 11.6 Å². The molecule has 1 N–H and O–H groups in total. The number of hydrogen-bond donors (Lipinski definition) is 1. The molecule has 1 atom stereocenters. The van der Waals surface area contributed by atoms with Gasteiger partial charge in [0.1, 0.15) is 0 Å². The van der Waals surface area contributed by atoms with Gasteiger partial charge in [0, 0.05) is 5.02 Å². The topological polar surface area (TPSA) is 37.3 Å². The van der Waals surface area contributed by atoms with Crippen molar-refractivity contribution in [1.82, 2.24) is 0 Å². The van der Waals surface area contributed by atoms with Gasteiger partial charge in [-0.25, -0.2) is 0 Å². The van der Waals surface area contributed by atoms with Crippen LogP contribution in [0, 0.1) is 0 Å². The summed E-state index contributed by atoms with van der Waals surface area (Å²) in [5, 5.41) is 9.97. The van der Waals surface area contributed by atoms with E-state index in [1.165, 1.54) is 0 Å². The van der Waals surface area contributed by atoms with Crippen LogP contribution < -0.4 is 0 Å². The SMILES string of the molecule is O=C(O)C1CCC2(CC2)c2c(Cl)cccc21. The van der Waals surface area contributed by atoms with E-state index in [4.69, 9.17) is 11.6 Å². The second kappa shape index (κ2) is 3.24. The van der Waals surface area contributed by atoms with Gasteiger partial charge >= 0.3 is 5.97 Å². The van der Waals surface area contributed by atoms with E-state index < -0.39 is 5.97 Å². The van der Waals surface area contributed by atoms with Crippen molar-refractivity contribution >= 4 is 17.6 Å². The Morgan fingerprint density at radius 3 is 2.75 bits per heavy atom. The molecule has 0 radical (unpaired) electrons. The van der Waals surface area contributed by atoms with Crippen molar-refractivity contribution in [1.29, 1.82) is 0 Å². The minimum Gasteiger partial charge on any atom is -0.481 e. The molecule has 2 aliphatic carbocycles. The number of carboxylic acids is 1. The molecule has 1 fully saturated rings. The standard InChI is InChI=1S/C13H13ClO2/c14-10-3-1-2-8-9(12(15)16)4-5-13(6-7-13)11(8)10/h1-3,9H,4-7H2,(H,15,16). The summed E-state index contributed by atoms with van der Waals surface area (Å²) in [7, 11) is 0. The maximum atomic E-state index is 11.2. The Morgan fingerprint density at radius 1 is 1.38 bits per heavy atom. The summed E-state index contributed by atoms with van der Waals surface area (Å²) in [5.74, 6) is -1.08. The fraction of sp³-hybridized carbons (Fsp3) is 0.462. The summed E-state index contributed by atoms with van der Waals surface area (Å²) in [6, 6.07) is 5.67. The monoisotopic (exact) mass is 236 g/mol. The number of hydrogen-bond acceptors (Lipinski definition) is 1. The zero-order chi connectivity index (χ0) is 11.3.